The number of benzene rings is 1. The molecule has 0 saturated carbocycles. The highest BCUT2D eigenvalue weighted by molar-refractivity contribution is 7.99. The van der Waals surface area contributed by atoms with E-state index in [0.717, 1.165) is 29.7 Å². The highest BCUT2D eigenvalue weighted by atomic mass is 35.5. The fourth-order valence-electron chi connectivity index (χ4n) is 3.54. The van der Waals surface area contributed by atoms with Crippen LogP contribution in [-0.2, 0) is 6.18 Å². The number of halogens is 4. The Morgan fingerprint density at radius 1 is 1.11 bits per heavy atom. The van der Waals surface area contributed by atoms with Gasteiger partial charge in [-0.25, -0.2) is 9.97 Å². The molecule has 0 unspecified atom stereocenters. The van der Waals surface area contributed by atoms with Crippen LogP contribution in [0.1, 0.15) is 45.1 Å². The minimum absolute atomic E-state index is 0.0939. The number of nitrogens with zero attached hydrogens (tertiary/aromatic N) is 5. The third-order valence-electron chi connectivity index (χ3n) is 5.31. The molecule has 2 amide bonds. The van der Waals surface area contributed by atoms with Crippen molar-refractivity contribution in [2.24, 2.45) is 0 Å². The number of aromatic nitrogens is 4. The van der Waals surface area contributed by atoms with E-state index in [9.17, 15) is 22.8 Å². The second-order valence-electron chi connectivity index (χ2n) is 7.76. The monoisotopic (exact) mass is 524 g/mol. The molecule has 1 N–H and O–H groups in total. The molecule has 8 nitrogen and oxygen atoms in total. The zero-order chi connectivity index (χ0) is 25.2. The summed E-state index contributed by atoms with van der Waals surface area (Å²) in [6, 6.07) is 5.17. The first-order chi connectivity index (χ1) is 16.6. The van der Waals surface area contributed by atoms with Crippen LogP contribution < -0.4 is 5.32 Å². The van der Waals surface area contributed by atoms with Crippen molar-refractivity contribution < 1.29 is 22.8 Å². The predicted molar refractivity (Wildman–Crippen MR) is 125 cm³/mol. The van der Waals surface area contributed by atoms with Gasteiger partial charge in [-0.3, -0.25) is 9.59 Å². The van der Waals surface area contributed by atoms with Crippen LogP contribution in [0, 0.1) is 0 Å². The average Bonchev–Trinajstić information content (AvgIpc) is 3.33. The summed E-state index contributed by atoms with van der Waals surface area (Å²) in [5.74, 6) is 1.62. The molecular weight excluding hydrogens is 505 g/mol. The van der Waals surface area contributed by atoms with E-state index in [1.165, 1.54) is 17.2 Å². The molecule has 0 aliphatic carbocycles. The van der Waals surface area contributed by atoms with Crippen molar-refractivity contribution in [1.82, 2.24) is 30.0 Å². The van der Waals surface area contributed by atoms with Crippen LogP contribution >= 0.6 is 23.4 Å². The number of nitrogens with one attached hydrogen (secondary N) is 1. The minimum Gasteiger partial charge on any atom is -0.342 e. The summed E-state index contributed by atoms with van der Waals surface area (Å²) in [4.78, 5) is 35.6. The van der Waals surface area contributed by atoms with Crippen molar-refractivity contribution in [2.45, 2.75) is 19.1 Å². The Hall–Kier alpha value is -3.12. The number of amides is 2. The van der Waals surface area contributed by atoms with Crippen molar-refractivity contribution in [1.29, 1.82) is 0 Å². The van der Waals surface area contributed by atoms with Crippen LogP contribution in [0.15, 0.2) is 42.9 Å². The molecule has 1 aliphatic heterocycles. The Morgan fingerprint density at radius 3 is 2.51 bits per heavy atom. The first-order valence-electron chi connectivity index (χ1n) is 10.6. The van der Waals surface area contributed by atoms with Gasteiger partial charge in [0.25, 0.3) is 11.8 Å². The summed E-state index contributed by atoms with van der Waals surface area (Å²) in [6.07, 6.45) is -1.91. The summed E-state index contributed by atoms with van der Waals surface area (Å²) in [5.41, 5.74) is -0.807. The number of thioether (sulfide) groups is 1. The molecule has 1 aromatic carbocycles. The van der Waals surface area contributed by atoms with E-state index in [-0.39, 0.29) is 16.5 Å². The lowest BCUT2D eigenvalue weighted by molar-refractivity contribution is -0.137. The Labute approximate surface area is 207 Å². The van der Waals surface area contributed by atoms with Crippen molar-refractivity contribution in [3.8, 4) is 5.82 Å². The molecule has 0 spiro atoms. The summed E-state index contributed by atoms with van der Waals surface area (Å²) >= 11 is 7.59. The maximum Gasteiger partial charge on any atom is 0.416 e. The van der Waals surface area contributed by atoms with E-state index in [1.54, 1.807) is 35.7 Å². The number of carbonyl (C=O) groups is 2. The zero-order valence-electron chi connectivity index (χ0n) is 18.4. The molecule has 0 radical (unpaired) electrons. The van der Waals surface area contributed by atoms with Gasteiger partial charge in [0, 0.05) is 41.4 Å². The van der Waals surface area contributed by atoms with E-state index in [1.807, 2.05) is 0 Å². The lowest BCUT2D eigenvalue weighted by Gasteiger charge is -2.26. The van der Waals surface area contributed by atoms with Crippen molar-refractivity contribution >= 4 is 35.2 Å². The molecule has 1 atom stereocenters. The Kier molecular flexibility index (Phi) is 7.31. The largest absolute Gasteiger partial charge is 0.416 e. The lowest BCUT2D eigenvalue weighted by Crippen LogP contribution is -2.37. The highest BCUT2D eigenvalue weighted by Crippen LogP contribution is 2.32. The van der Waals surface area contributed by atoms with Gasteiger partial charge in [0.15, 0.2) is 11.6 Å². The highest BCUT2D eigenvalue weighted by Gasteiger charge is 2.32. The van der Waals surface area contributed by atoms with Crippen LogP contribution in [0.2, 0.25) is 5.02 Å². The molecule has 184 valence electrons. The van der Waals surface area contributed by atoms with Gasteiger partial charge in [-0.05, 0) is 37.3 Å². The fraction of sp³-hybridized carbons (Fsp3) is 0.318. The van der Waals surface area contributed by atoms with Crippen molar-refractivity contribution in [2.75, 3.05) is 24.6 Å². The number of hydrogen-bond acceptors (Lipinski definition) is 6. The van der Waals surface area contributed by atoms with E-state index >= 15 is 0 Å². The van der Waals surface area contributed by atoms with Crippen LogP contribution in [-0.4, -0.2) is 61.1 Å². The number of hydrogen-bond donors (Lipinski definition) is 1. The average molecular weight is 525 g/mol. The van der Waals surface area contributed by atoms with Crippen LogP contribution in [0.25, 0.3) is 5.82 Å². The van der Waals surface area contributed by atoms with Gasteiger partial charge in [0.05, 0.1) is 17.2 Å². The third-order valence-corrected chi connectivity index (χ3v) is 6.47. The van der Waals surface area contributed by atoms with E-state index in [4.69, 9.17) is 11.6 Å². The topological polar surface area (TPSA) is 93.0 Å². The summed E-state index contributed by atoms with van der Waals surface area (Å²) in [7, 11) is 0. The van der Waals surface area contributed by atoms with Gasteiger partial charge in [-0.15, -0.1) is 0 Å². The molecule has 3 heterocycles. The van der Waals surface area contributed by atoms with E-state index < -0.39 is 23.7 Å². The molecular formula is C22H20ClF3N6O2S. The Morgan fingerprint density at radius 2 is 1.86 bits per heavy atom. The quantitative estimate of drug-likeness (QED) is 0.542. The van der Waals surface area contributed by atoms with E-state index in [2.05, 4.69) is 20.4 Å². The maximum atomic E-state index is 13.1. The van der Waals surface area contributed by atoms with Crippen LogP contribution in [0.3, 0.4) is 0 Å². The number of rotatable bonds is 5. The molecule has 2 aromatic heterocycles. The smallest absolute Gasteiger partial charge is 0.342 e. The minimum atomic E-state index is -4.64. The van der Waals surface area contributed by atoms with Gasteiger partial charge in [0.2, 0.25) is 0 Å². The molecule has 1 aliphatic rings. The molecule has 1 saturated heterocycles. The molecule has 35 heavy (non-hydrogen) atoms. The summed E-state index contributed by atoms with van der Waals surface area (Å²) in [6.45, 7) is 2.99. The van der Waals surface area contributed by atoms with Gasteiger partial charge in [-0.1, -0.05) is 11.6 Å². The normalized spacial score (nSPS) is 15.1. The first kappa shape index (κ1) is 25.0. The molecule has 1 fully saturated rings. The lowest BCUT2D eigenvalue weighted by atomic mass is 10.1. The zero-order valence-corrected chi connectivity index (χ0v) is 20.0. The number of pyridine rings is 1. The SMILES string of the molecule is C[C@H](NC(=O)c1cc(Cl)cc(C(F)(F)F)c1)c1ncnn1-c1ccc(C(=O)N2CCSCC2)cn1. The Bertz CT molecular complexity index is 1230. The van der Waals surface area contributed by atoms with Crippen LogP contribution in [0.4, 0.5) is 13.2 Å². The molecule has 0 bridgehead atoms. The van der Waals surface area contributed by atoms with Gasteiger partial charge < -0.3 is 10.2 Å². The van der Waals surface area contributed by atoms with Crippen molar-refractivity contribution in [3.05, 3.63) is 70.4 Å². The van der Waals surface area contributed by atoms with Crippen LogP contribution in [0.5, 0.6) is 0 Å². The molecule has 4 rings (SSSR count). The van der Waals surface area contributed by atoms with Gasteiger partial charge in [-0.2, -0.15) is 34.7 Å². The van der Waals surface area contributed by atoms with E-state index in [0.29, 0.717) is 30.3 Å². The molecule has 3 aromatic rings. The third kappa shape index (κ3) is 5.76. The van der Waals surface area contributed by atoms with Gasteiger partial charge in [0.1, 0.15) is 6.33 Å². The summed E-state index contributed by atoms with van der Waals surface area (Å²) < 4.78 is 40.6. The maximum absolute atomic E-state index is 13.1. The second kappa shape index (κ2) is 10.2. The molecule has 13 heteroatoms. The predicted octanol–water partition coefficient (Wildman–Crippen LogP) is 4.01. The fourth-order valence-corrected chi connectivity index (χ4v) is 4.68. The standard InChI is InChI=1S/C22H20ClF3N6O2S/c1-13(30-20(33)15-8-16(22(24,25)26)10-17(23)9-15)19-28-12-29-32(19)18-3-2-14(11-27-18)21(34)31-4-6-35-7-5-31/h2-3,8-13H,4-7H2,1H3,(H,30,33)/t13-/m0/s1. The number of alkyl halides is 3. The number of carbonyl (C=O) groups excluding carboxylic acids is 2. The Balaban J connectivity index is 1.50. The second-order valence-corrected chi connectivity index (χ2v) is 9.42. The summed E-state index contributed by atoms with van der Waals surface area (Å²) in [5, 5.41) is 6.54. The van der Waals surface area contributed by atoms with Crippen molar-refractivity contribution in [3.63, 3.8) is 0 Å². The van der Waals surface area contributed by atoms with Gasteiger partial charge >= 0.3 is 6.18 Å². The first-order valence-corrected chi connectivity index (χ1v) is 12.1.